The maximum absolute atomic E-state index is 12.0. The van der Waals surface area contributed by atoms with Crippen LogP contribution < -0.4 is 11.1 Å². The first kappa shape index (κ1) is 25.5. The number of hydrogen-bond donors (Lipinski definition) is 2. The van der Waals surface area contributed by atoms with Crippen LogP contribution in [0.25, 0.3) is 0 Å². The summed E-state index contributed by atoms with van der Waals surface area (Å²) >= 11 is 0. The zero-order valence-electron chi connectivity index (χ0n) is 14.1. The average Bonchev–Trinajstić information content (AvgIpc) is 2.92. The molecule has 1 aliphatic carbocycles. The van der Waals surface area contributed by atoms with Crippen molar-refractivity contribution in [2.45, 2.75) is 44.6 Å². The fraction of sp³-hybridized carbons (Fsp3) is 0.933. The topological polar surface area (TPSA) is 61.6 Å². The Morgan fingerprint density at radius 1 is 1.04 bits per heavy atom. The second kappa shape index (κ2) is 12.6. The lowest BCUT2D eigenvalue weighted by Crippen LogP contribution is -2.52. The van der Waals surface area contributed by atoms with Crippen LogP contribution >= 0.6 is 37.2 Å². The molecule has 1 aliphatic heterocycles. The van der Waals surface area contributed by atoms with Crippen molar-refractivity contribution in [2.75, 3.05) is 45.8 Å². The summed E-state index contributed by atoms with van der Waals surface area (Å²) in [7, 11) is 0. The summed E-state index contributed by atoms with van der Waals surface area (Å²) in [5.74, 6) is 0.0609. The van der Waals surface area contributed by atoms with Crippen molar-refractivity contribution in [2.24, 2.45) is 5.73 Å². The third kappa shape index (κ3) is 7.76. The molecule has 3 N–H and O–H groups in total. The van der Waals surface area contributed by atoms with Gasteiger partial charge in [-0.15, -0.1) is 37.2 Å². The molecule has 1 saturated heterocycles. The molecule has 2 fully saturated rings. The normalized spacial score (nSPS) is 20.8. The number of carbonyl (C=O) groups excluding carboxylic acids is 1. The highest BCUT2D eigenvalue weighted by Gasteiger charge is 2.36. The van der Waals surface area contributed by atoms with E-state index in [2.05, 4.69) is 22.0 Å². The van der Waals surface area contributed by atoms with Crippen LogP contribution in [0.2, 0.25) is 0 Å². The van der Waals surface area contributed by atoms with E-state index >= 15 is 0 Å². The lowest BCUT2D eigenvalue weighted by Gasteiger charge is -2.34. The molecule has 140 valence electrons. The third-order valence-electron chi connectivity index (χ3n) is 4.80. The van der Waals surface area contributed by atoms with Gasteiger partial charge in [0.2, 0.25) is 5.91 Å². The van der Waals surface area contributed by atoms with E-state index in [0.29, 0.717) is 0 Å². The van der Waals surface area contributed by atoms with Crippen molar-refractivity contribution in [3.8, 4) is 0 Å². The number of hydrogen-bond acceptors (Lipinski definition) is 4. The molecule has 0 aromatic carbocycles. The molecular formula is C15H33Cl3N4O. The van der Waals surface area contributed by atoms with Crippen LogP contribution in [0.1, 0.15) is 39.0 Å². The fourth-order valence-corrected chi connectivity index (χ4v) is 3.24. The molecule has 0 spiro atoms. The van der Waals surface area contributed by atoms with E-state index < -0.39 is 5.54 Å². The first-order valence-electron chi connectivity index (χ1n) is 8.16. The van der Waals surface area contributed by atoms with Crippen molar-refractivity contribution in [1.29, 1.82) is 0 Å². The Hall–Kier alpha value is 0.220. The third-order valence-corrected chi connectivity index (χ3v) is 4.80. The fourth-order valence-electron chi connectivity index (χ4n) is 3.24. The SMILES string of the molecule is CCN1CCN(CCCNC(=O)C2(N)CCCC2)CC1.Cl.Cl.Cl. The quantitative estimate of drug-likeness (QED) is 0.676. The van der Waals surface area contributed by atoms with Crippen molar-refractivity contribution in [1.82, 2.24) is 15.1 Å². The highest BCUT2D eigenvalue weighted by molar-refractivity contribution is 5.86. The Morgan fingerprint density at radius 3 is 2.09 bits per heavy atom. The summed E-state index contributed by atoms with van der Waals surface area (Å²) in [4.78, 5) is 17.0. The van der Waals surface area contributed by atoms with Crippen LogP contribution in [-0.4, -0.2) is 67.1 Å². The number of amides is 1. The molecule has 1 saturated carbocycles. The van der Waals surface area contributed by atoms with E-state index in [1.54, 1.807) is 0 Å². The molecule has 1 heterocycles. The summed E-state index contributed by atoms with van der Waals surface area (Å²) in [5.41, 5.74) is 5.55. The summed E-state index contributed by atoms with van der Waals surface area (Å²) in [6.07, 6.45) is 4.89. The summed E-state index contributed by atoms with van der Waals surface area (Å²) in [6.45, 7) is 9.87. The van der Waals surface area contributed by atoms with E-state index in [1.165, 1.54) is 13.1 Å². The van der Waals surface area contributed by atoms with Crippen molar-refractivity contribution in [3.05, 3.63) is 0 Å². The number of nitrogens with two attached hydrogens (primary N) is 1. The summed E-state index contributed by atoms with van der Waals surface area (Å²) < 4.78 is 0. The lowest BCUT2D eigenvalue weighted by molar-refractivity contribution is -0.126. The Balaban J connectivity index is 0. The minimum atomic E-state index is -0.577. The molecule has 2 aliphatic rings. The minimum absolute atomic E-state index is 0. The first-order valence-corrected chi connectivity index (χ1v) is 8.16. The van der Waals surface area contributed by atoms with Crippen LogP contribution in [-0.2, 0) is 4.79 Å². The molecular weight excluding hydrogens is 359 g/mol. The Bertz CT molecular complexity index is 320. The molecule has 5 nitrogen and oxygen atoms in total. The van der Waals surface area contributed by atoms with E-state index in [4.69, 9.17) is 5.73 Å². The van der Waals surface area contributed by atoms with Crippen LogP contribution in [0.3, 0.4) is 0 Å². The maximum atomic E-state index is 12.0. The van der Waals surface area contributed by atoms with Gasteiger partial charge >= 0.3 is 0 Å². The van der Waals surface area contributed by atoms with Gasteiger partial charge in [-0.1, -0.05) is 19.8 Å². The van der Waals surface area contributed by atoms with Gasteiger partial charge < -0.3 is 20.9 Å². The Kier molecular flexibility index (Phi) is 13.9. The number of likely N-dealkylation sites (N-methyl/N-ethyl adjacent to an activating group) is 1. The van der Waals surface area contributed by atoms with Crippen molar-refractivity contribution < 1.29 is 4.79 Å². The van der Waals surface area contributed by atoms with Gasteiger partial charge in [0, 0.05) is 32.7 Å². The average molecular weight is 392 g/mol. The number of carbonyl (C=O) groups is 1. The summed E-state index contributed by atoms with van der Waals surface area (Å²) in [6, 6.07) is 0. The Morgan fingerprint density at radius 2 is 1.57 bits per heavy atom. The summed E-state index contributed by atoms with van der Waals surface area (Å²) in [5, 5.41) is 3.02. The standard InChI is InChI=1S/C15H30N4O.3ClH/c1-2-18-10-12-19(13-11-18)9-5-8-17-14(20)15(16)6-3-4-7-15;;;/h2-13,16H2,1H3,(H,17,20);3*1H. The number of halogens is 3. The minimum Gasteiger partial charge on any atom is -0.354 e. The van der Waals surface area contributed by atoms with Gasteiger partial charge in [-0.05, 0) is 32.4 Å². The van der Waals surface area contributed by atoms with Gasteiger partial charge in [-0.3, -0.25) is 4.79 Å². The van der Waals surface area contributed by atoms with Gasteiger partial charge in [0.15, 0.2) is 0 Å². The van der Waals surface area contributed by atoms with E-state index in [9.17, 15) is 4.79 Å². The zero-order chi connectivity index (χ0) is 14.4. The second-order valence-corrected chi connectivity index (χ2v) is 6.25. The number of nitrogens with one attached hydrogen (secondary N) is 1. The zero-order valence-corrected chi connectivity index (χ0v) is 16.5. The molecule has 0 bridgehead atoms. The Labute approximate surface area is 159 Å². The molecule has 8 heteroatoms. The van der Waals surface area contributed by atoms with E-state index in [1.807, 2.05) is 0 Å². The molecule has 0 unspecified atom stereocenters. The number of nitrogens with zero attached hydrogens (tertiary/aromatic N) is 2. The van der Waals surface area contributed by atoms with Gasteiger partial charge in [0.1, 0.15) is 0 Å². The second-order valence-electron chi connectivity index (χ2n) is 6.25. The molecule has 2 rings (SSSR count). The van der Waals surface area contributed by atoms with Crippen LogP contribution in [0.15, 0.2) is 0 Å². The molecule has 0 aromatic rings. The van der Waals surface area contributed by atoms with Gasteiger partial charge in [0.05, 0.1) is 5.54 Å². The van der Waals surface area contributed by atoms with Crippen LogP contribution in [0.4, 0.5) is 0 Å². The molecule has 0 aromatic heterocycles. The molecule has 1 amide bonds. The number of piperazine rings is 1. The van der Waals surface area contributed by atoms with E-state index in [0.717, 1.165) is 64.8 Å². The van der Waals surface area contributed by atoms with Crippen LogP contribution in [0, 0.1) is 0 Å². The number of rotatable bonds is 6. The smallest absolute Gasteiger partial charge is 0.240 e. The van der Waals surface area contributed by atoms with E-state index in [-0.39, 0.29) is 43.1 Å². The lowest BCUT2D eigenvalue weighted by atomic mass is 9.98. The predicted molar refractivity (Wildman–Crippen MR) is 103 cm³/mol. The van der Waals surface area contributed by atoms with Crippen molar-refractivity contribution in [3.63, 3.8) is 0 Å². The van der Waals surface area contributed by atoms with Gasteiger partial charge in [-0.2, -0.15) is 0 Å². The largest absolute Gasteiger partial charge is 0.354 e. The van der Waals surface area contributed by atoms with Crippen LogP contribution in [0.5, 0.6) is 0 Å². The molecule has 23 heavy (non-hydrogen) atoms. The highest BCUT2D eigenvalue weighted by Crippen LogP contribution is 2.27. The first-order chi connectivity index (χ1) is 9.64. The maximum Gasteiger partial charge on any atom is 0.240 e. The van der Waals surface area contributed by atoms with Gasteiger partial charge in [-0.25, -0.2) is 0 Å². The molecule has 0 radical (unpaired) electrons. The molecule has 0 atom stereocenters. The van der Waals surface area contributed by atoms with Gasteiger partial charge in [0.25, 0.3) is 0 Å². The monoisotopic (exact) mass is 390 g/mol. The predicted octanol–water partition coefficient (Wildman–Crippen LogP) is 1.67. The highest BCUT2D eigenvalue weighted by atomic mass is 35.5. The van der Waals surface area contributed by atoms with Crippen molar-refractivity contribution >= 4 is 43.1 Å².